The number of aliphatic hydroxyl groups excluding tert-OH is 1. The van der Waals surface area contributed by atoms with Crippen LogP contribution in [0.3, 0.4) is 0 Å². The van der Waals surface area contributed by atoms with E-state index >= 15 is 0 Å². The molecule has 1 saturated carbocycles. The van der Waals surface area contributed by atoms with Crippen LogP contribution in [-0.2, 0) is 12.3 Å². The fraction of sp³-hybridized carbons (Fsp3) is 0.370. The molecule has 3 aromatic rings. The van der Waals surface area contributed by atoms with Crippen LogP contribution in [0.25, 0.3) is 11.0 Å². The maximum atomic E-state index is 14.5. The smallest absolute Gasteiger partial charge is 0.336 e. The molecule has 8 heteroatoms. The van der Waals surface area contributed by atoms with Crippen LogP contribution in [0.2, 0.25) is 0 Å². The minimum atomic E-state index is -3.14. The summed E-state index contributed by atoms with van der Waals surface area (Å²) in [5, 5.41) is 9.89. The number of carbonyl (C=O) groups is 1. The first-order valence-electron chi connectivity index (χ1n) is 11.7. The summed E-state index contributed by atoms with van der Waals surface area (Å²) in [4.78, 5) is 24.7. The molecule has 0 amide bonds. The van der Waals surface area contributed by atoms with Gasteiger partial charge in [-0.15, -0.1) is 0 Å². The van der Waals surface area contributed by atoms with Crippen molar-refractivity contribution in [2.45, 2.75) is 56.9 Å². The molecular weight excluding hydrogens is 472 g/mol. The average molecular weight is 502 g/mol. The van der Waals surface area contributed by atoms with Crippen molar-refractivity contribution in [2.75, 3.05) is 6.61 Å². The molecule has 4 rings (SSSR count). The van der Waals surface area contributed by atoms with Crippen molar-refractivity contribution in [2.24, 2.45) is 0 Å². The first-order chi connectivity index (χ1) is 16.7. The molecule has 0 radical (unpaired) electrons. The number of fused-ring (bicyclic) bond motifs is 1. The average Bonchev–Trinajstić information content (AvgIpc) is 3.32. The van der Waals surface area contributed by atoms with Gasteiger partial charge < -0.3 is 9.52 Å². The van der Waals surface area contributed by atoms with Crippen molar-refractivity contribution >= 4 is 32.6 Å². The van der Waals surface area contributed by atoms with Crippen molar-refractivity contribution in [1.82, 2.24) is 4.72 Å². The SMILES string of the molecule is C=S(NC1(CO)CCCC1)C(=O)c1ccc(Cc2ccc3oc(=O)cc(C(F)(F)CC)c3c2)cc1. The van der Waals surface area contributed by atoms with E-state index in [1.54, 1.807) is 30.3 Å². The lowest BCUT2D eigenvalue weighted by Crippen LogP contribution is -2.43. The summed E-state index contributed by atoms with van der Waals surface area (Å²) in [5.74, 6) is 0.857. The number of aliphatic hydroxyl groups is 1. The van der Waals surface area contributed by atoms with E-state index in [1.165, 1.54) is 6.92 Å². The van der Waals surface area contributed by atoms with Crippen molar-refractivity contribution < 1.29 is 23.1 Å². The highest BCUT2D eigenvalue weighted by Crippen LogP contribution is 2.36. The number of nitrogens with one attached hydrogen (secondary N) is 1. The number of benzene rings is 2. The van der Waals surface area contributed by atoms with Gasteiger partial charge in [0, 0.05) is 29.0 Å². The molecule has 0 aliphatic heterocycles. The van der Waals surface area contributed by atoms with Crippen LogP contribution in [-0.4, -0.2) is 28.2 Å². The van der Waals surface area contributed by atoms with Gasteiger partial charge in [-0.25, -0.2) is 13.6 Å². The maximum Gasteiger partial charge on any atom is 0.336 e. The highest BCUT2D eigenvalue weighted by atomic mass is 32.2. The van der Waals surface area contributed by atoms with E-state index in [0.29, 0.717) is 12.0 Å². The second kappa shape index (κ2) is 10.1. The van der Waals surface area contributed by atoms with Gasteiger partial charge in [0.15, 0.2) is 0 Å². The highest BCUT2D eigenvalue weighted by molar-refractivity contribution is 8.25. The molecule has 0 bridgehead atoms. The zero-order chi connectivity index (χ0) is 25.2. The molecule has 35 heavy (non-hydrogen) atoms. The number of alkyl halides is 2. The summed E-state index contributed by atoms with van der Waals surface area (Å²) >= 11 is 0. The Morgan fingerprint density at radius 1 is 1.14 bits per heavy atom. The Morgan fingerprint density at radius 2 is 1.80 bits per heavy atom. The van der Waals surface area contributed by atoms with Crippen molar-refractivity contribution in [1.29, 1.82) is 0 Å². The van der Waals surface area contributed by atoms with Gasteiger partial charge in [-0.1, -0.05) is 66.6 Å². The number of carbonyl (C=O) groups excluding carboxylic acids is 1. The van der Waals surface area contributed by atoms with Crippen molar-refractivity contribution in [3.8, 4) is 0 Å². The normalized spacial score (nSPS) is 16.5. The molecule has 1 fully saturated rings. The molecule has 1 aromatic heterocycles. The third kappa shape index (κ3) is 5.44. The van der Waals surface area contributed by atoms with Crippen LogP contribution >= 0.6 is 10.7 Å². The largest absolute Gasteiger partial charge is 0.423 e. The third-order valence-electron chi connectivity index (χ3n) is 6.67. The topological polar surface area (TPSA) is 79.5 Å². The molecule has 0 saturated heterocycles. The van der Waals surface area contributed by atoms with Crippen LogP contribution in [0.5, 0.6) is 0 Å². The number of halogens is 2. The fourth-order valence-electron chi connectivity index (χ4n) is 4.60. The van der Waals surface area contributed by atoms with Gasteiger partial charge >= 0.3 is 5.63 Å². The van der Waals surface area contributed by atoms with Crippen LogP contribution in [0.4, 0.5) is 8.78 Å². The van der Waals surface area contributed by atoms with Crippen LogP contribution in [0.1, 0.15) is 66.1 Å². The fourth-order valence-corrected chi connectivity index (χ4v) is 5.91. The van der Waals surface area contributed by atoms with E-state index in [2.05, 4.69) is 10.6 Å². The minimum absolute atomic E-state index is 0.0146. The molecule has 1 aliphatic carbocycles. The zero-order valence-electron chi connectivity index (χ0n) is 19.6. The molecule has 5 nitrogen and oxygen atoms in total. The Labute approximate surface area is 205 Å². The van der Waals surface area contributed by atoms with Crippen molar-refractivity contribution in [3.05, 3.63) is 81.2 Å². The van der Waals surface area contributed by atoms with Crippen LogP contribution < -0.4 is 10.3 Å². The first kappa shape index (κ1) is 25.4. The Kier molecular flexibility index (Phi) is 7.35. The van der Waals surface area contributed by atoms with E-state index in [1.807, 2.05) is 12.1 Å². The molecule has 1 unspecified atom stereocenters. The second-order valence-corrected chi connectivity index (χ2v) is 10.5. The molecule has 1 heterocycles. The highest BCUT2D eigenvalue weighted by Gasteiger charge is 2.34. The summed E-state index contributed by atoms with van der Waals surface area (Å²) in [5.41, 5.74) is 0.782. The molecule has 1 atom stereocenters. The molecule has 2 aromatic carbocycles. The lowest BCUT2D eigenvalue weighted by atomic mass is 9.98. The standard InChI is InChI=1S/C27H29F2NO4S/c1-3-27(28,29)22-16-24(32)34-23-11-8-19(15-21(22)23)14-18-6-9-20(10-7-18)25(33)35(2)30-26(17-31)12-4-5-13-26/h6-11,15-16,30-31H,2-5,12-14,17H2,1H3. The summed E-state index contributed by atoms with van der Waals surface area (Å²) in [7, 11) is -0.975. The van der Waals surface area contributed by atoms with E-state index in [4.69, 9.17) is 4.42 Å². The Hall–Kier alpha value is -2.68. The van der Waals surface area contributed by atoms with E-state index in [0.717, 1.165) is 42.9 Å². The predicted octanol–water partition coefficient (Wildman–Crippen LogP) is 5.54. The van der Waals surface area contributed by atoms with E-state index in [-0.39, 0.29) is 28.3 Å². The molecule has 2 N–H and O–H groups in total. The first-order valence-corrected chi connectivity index (χ1v) is 13.1. The summed E-state index contributed by atoms with van der Waals surface area (Å²) in [6, 6.07) is 12.9. The summed E-state index contributed by atoms with van der Waals surface area (Å²) in [6.45, 7) is 1.36. The Morgan fingerprint density at radius 3 is 2.43 bits per heavy atom. The lowest BCUT2D eigenvalue weighted by molar-refractivity contribution is -0.00714. The van der Waals surface area contributed by atoms with Gasteiger partial charge in [-0.2, -0.15) is 0 Å². The number of hydrogen-bond donors (Lipinski definition) is 2. The molecule has 186 valence electrons. The van der Waals surface area contributed by atoms with Gasteiger partial charge in [-0.05, 0) is 42.5 Å². The van der Waals surface area contributed by atoms with Crippen LogP contribution in [0.15, 0.2) is 57.7 Å². The minimum Gasteiger partial charge on any atom is -0.423 e. The molecular formula is C27H29F2NO4S. The van der Waals surface area contributed by atoms with Gasteiger partial charge in [0.1, 0.15) is 5.58 Å². The predicted molar refractivity (Wildman–Crippen MR) is 136 cm³/mol. The monoisotopic (exact) mass is 501 g/mol. The summed E-state index contributed by atoms with van der Waals surface area (Å²) in [6.07, 6.45) is 3.74. The zero-order valence-corrected chi connectivity index (χ0v) is 20.4. The molecule has 1 aliphatic rings. The van der Waals surface area contributed by atoms with Gasteiger partial charge in [0.25, 0.3) is 5.92 Å². The third-order valence-corrected chi connectivity index (χ3v) is 8.03. The Balaban J connectivity index is 1.52. The van der Waals surface area contributed by atoms with Gasteiger partial charge in [-0.3, -0.25) is 9.52 Å². The quantitative estimate of drug-likeness (QED) is 0.313. The van der Waals surface area contributed by atoms with Crippen molar-refractivity contribution in [3.63, 3.8) is 0 Å². The molecule has 0 spiro atoms. The number of hydrogen-bond acceptors (Lipinski definition) is 5. The lowest BCUT2D eigenvalue weighted by Gasteiger charge is -2.29. The van der Waals surface area contributed by atoms with Crippen LogP contribution in [0, 0.1) is 0 Å². The maximum absolute atomic E-state index is 14.5. The van der Waals surface area contributed by atoms with E-state index in [9.17, 15) is 23.5 Å². The second-order valence-electron chi connectivity index (χ2n) is 9.17. The van der Waals surface area contributed by atoms with E-state index < -0.39 is 34.2 Å². The van der Waals surface area contributed by atoms with Gasteiger partial charge in [0.05, 0.1) is 12.1 Å². The number of rotatable bonds is 8. The summed E-state index contributed by atoms with van der Waals surface area (Å²) < 4.78 is 37.3. The van der Waals surface area contributed by atoms with Gasteiger partial charge in [0.2, 0.25) is 5.12 Å². The Bertz CT molecular complexity index is 1310.